The average Bonchev–Trinajstić information content (AvgIpc) is 2.90. The van der Waals surface area contributed by atoms with Gasteiger partial charge in [0.25, 0.3) is 0 Å². The number of rotatable bonds is 3. The molecule has 1 heterocycles. The summed E-state index contributed by atoms with van der Waals surface area (Å²) < 4.78 is 13.4. The predicted octanol–water partition coefficient (Wildman–Crippen LogP) is 3.00. The Morgan fingerprint density at radius 1 is 1.22 bits per heavy atom. The van der Waals surface area contributed by atoms with Gasteiger partial charge in [-0.25, -0.2) is 4.39 Å². The Balaban J connectivity index is 1.86. The first kappa shape index (κ1) is 15.2. The molecule has 1 aliphatic rings. The fourth-order valence-corrected chi connectivity index (χ4v) is 2.87. The highest BCUT2D eigenvalue weighted by atomic mass is 32.2. The highest BCUT2D eigenvalue weighted by Gasteiger charge is 2.30. The number of anilines is 1. The van der Waals surface area contributed by atoms with Crippen LogP contribution in [0.4, 0.5) is 10.1 Å². The molecule has 1 N–H and O–H groups in total. The summed E-state index contributed by atoms with van der Waals surface area (Å²) in [4.78, 5) is 13.3. The Labute approximate surface area is 136 Å². The molecule has 0 unspecified atom stereocenters. The van der Waals surface area contributed by atoms with Crippen molar-refractivity contribution in [2.75, 3.05) is 10.7 Å². The largest absolute Gasteiger partial charge is 0.507 e. The number of aromatic hydroxyl groups is 1. The maximum atomic E-state index is 13.4. The van der Waals surface area contributed by atoms with E-state index in [1.807, 2.05) is 0 Å². The van der Waals surface area contributed by atoms with Gasteiger partial charge in [-0.15, -0.1) is 5.10 Å². The van der Waals surface area contributed by atoms with E-state index in [0.29, 0.717) is 16.4 Å². The number of carbonyl (C=O) groups is 1. The number of carbonyl (C=O) groups excluding carboxylic acids is 1. The predicted molar refractivity (Wildman–Crippen MR) is 89.5 cm³/mol. The number of phenolic OH excluding ortho intramolecular Hbond substituents is 1. The van der Waals surface area contributed by atoms with Crippen LogP contribution in [0.5, 0.6) is 5.75 Å². The van der Waals surface area contributed by atoms with Crippen LogP contribution in [0.25, 0.3) is 0 Å². The number of nitrogens with zero attached hydrogens (tertiary/aromatic N) is 3. The normalized spacial score (nSPS) is 16.7. The molecule has 2 aromatic rings. The SMILES string of the molecule is O=C1CSC(=NN=Cc2ccccc2O)N1c1cccc(F)c1. The Kier molecular flexibility index (Phi) is 4.38. The van der Waals surface area contributed by atoms with Gasteiger partial charge in [-0.3, -0.25) is 9.69 Å². The van der Waals surface area contributed by atoms with Crippen LogP contribution in [0.1, 0.15) is 5.56 Å². The molecular formula is C16H12FN3O2S. The van der Waals surface area contributed by atoms with E-state index < -0.39 is 5.82 Å². The van der Waals surface area contributed by atoms with Crippen molar-refractivity contribution in [1.82, 2.24) is 0 Å². The number of hydrogen-bond acceptors (Lipinski definition) is 5. The Hall–Kier alpha value is -2.67. The Bertz CT molecular complexity index is 807. The van der Waals surface area contributed by atoms with Crippen molar-refractivity contribution in [3.8, 4) is 5.75 Å². The molecule has 0 atom stereocenters. The van der Waals surface area contributed by atoms with E-state index in [0.717, 1.165) is 0 Å². The number of para-hydroxylation sites is 1. The lowest BCUT2D eigenvalue weighted by Crippen LogP contribution is -2.29. The van der Waals surface area contributed by atoms with Crippen LogP contribution in [-0.4, -0.2) is 28.1 Å². The Morgan fingerprint density at radius 3 is 2.83 bits per heavy atom. The zero-order valence-corrected chi connectivity index (χ0v) is 12.7. The van der Waals surface area contributed by atoms with E-state index in [9.17, 15) is 14.3 Å². The number of benzene rings is 2. The van der Waals surface area contributed by atoms with E-state index in [-0.39, 0.29) is 17.4 Å². The monoisotopic (exact) mass is 329 g/mol. The zero-order valence-electron chi connectivity index (χ0n) is 11.9. The van der Waals surface area contributed by atoms with Gasteiger partial charge in [-0.05, 0) is 30.3 Å². The molecule has 0 aliphatic carbocycles. The van der Waals surface area contributed by atoms with Gasteiger partial charge in [0.1, 0.15) is 11.6 Å². The third-order valence-corrected chi connectivity index (χ3v) is 4.02. The molecule has 1 saturated heterocycles. The van der Waals surface area contributed by atoms with Gasteiger partial charge in [0.2, 0.25) is 5.91 Å². The van der Waals surface area contributed by atoms with Crippen LogP contribution in [0.2, 0.25) is 0 Å². The van der Waals surface area contributed by atoms with Gasteiger partial charge >= 0.3 is 0 Å². The van der Waals surface area contributed by atoms with Gasteiger partial charge in [-0.1, -0.05) is 30.0 Å². The smallest absolute Gasteiger partial charge is 0.243 e. The van der Waals surface area contributed by atoms with Crippen LogP contribution in [-0.2, 0) is 4.79 Å². The van der Waals surface area contributed by atoms with Crippen LogP contribution >= 0.6 is 11.8 Å². The highest BCUT2D eigenvalue weighted by Crippen LogP contribution is 2.27. The standard InChI is InChI=1S/C16H12FN3O2S/c17-12-5-3-6-13(8-12)20-15(22)10-23-16(20)19-18-9-11-4-1-2-7-14(11)21/h1-9,21H,10H2. The maximum Gasteiger partial charge on any atom is 0.243 e. The van der Waals surface area contributed by atoms with E-state index in [1.165, 1.54) is 41.1 Å². The molecule has 0 saturated carbocycles. The van der Waals surface area contributed by atoms with E-state index >= 15 is 0 Å². The van der Waals surface area contributed by atoms with Crippen LogP contribution < -0.4 is 4.90 Å². The molecule has 7 heteroatoms. The molecular weight excluding hydrogens is 317 g/mol. The van der Waals surface area contributed by atoms with Gasteiger partial charge in [0.05, 0.1) is 17.7 Å². The summed E-state index contributed by atoms with van der Waals surface area (Å²) in [6, 6.07) is 12.4. The molecule has 0 spiro atoms. The third kappa shape index (κ3) is 3.40. The molecule has 5 nitrogen and oxygen atoms in total. The fourth-order valence-electron chi connectivity index (χ4n) is 2.04. The van der Waals surface area contributed by atoms with Crippen molar-refractivity contribution >= 4 is 34.7 Å². The van der Waals surface area contributed by atoms with E-state index in [2.05, 4.69) is 10.2 Å². The van der Waals surface area contributed by atoms with Crippen molar-refractivity contribution in [1.29, 1.82) is 0 Å². The topological polar surface area (TPSA) is 65.3 Å². The first-order chi connectivity index (χ1) is 11.1. The second-order valence-corrected chi connectivity index (χ2v) is 5.63. The summed E-state index contributed by atoms with van der Waals surface area (Å²) in [7, 11) is 0. The first-order valence-corrected chi connectivity index (χ1v) is 7.74. The fraction of sp³-hybridized carbons (Fsp3) is 0.0625. The van der Waals surface area contributed by atoms with Crippen molar-refractivity contribution in [3.63, 3.8) is 0 Å². The molecule has 0 aromatic heterocycles. The van der Waals surface area contributed by atoms with Crippen molar-refractivity contribution in [2.45, 2.75) is 0 Å². The van der Waals surface area contributed by atoms with E-state index in [4.69, 9.17) is 0 Å². The maximum absolute atomic E-state index is 13.4. The minimum atomic E-state index is -0.427. The molecule has 0 bridgehead atoms. The molecule has 1 fully saturated rings. The summed E-state index contributed by atoms with van der Waals surface area (Å²) in [5, 5.41) is 18.0. The van der Waals surface area contributed by atoms with Crippen molar-refractivity contribution < 1.29 is 14.3 Å². The molecule has 2 aromatic carbocycles. The number of amides is 1. The summed E-state index contributed by atoms with van der Waals surface area (Å²) in [5.74, 6) is -0.295. The van der Waals surface area contributed by atoms with Crippen LogP contribution in [0, 0.1) is 5.82 Å². The van der Waals surface area contributed by atoms with Crippen molar-refractivity contribution in [3.05, 3.63) is 59.9 Å². The van der Waals surface area contributed by atoms with E-state index in [1.54, 1.807) is 30.3 Å². The highest BCUT2D eigenvalue weighted by molar-refractivity contribution is 8.15. The minimum Gasteiger partial charge on any atom is -0.507 e. The summed E-state index contributed by atoms with van der Waals surface area (Å²) in [6.45, 7) is 0. The number of hydrogen-bond donors (Lipinski definition) is 1. The average molecular weight is 329 g/mol. The van der Waals surface area contributed by atoms with Crippen LogP contribution in [0.3, 0.4) is 0 Å². The lowest BCUT2D eigenvalue weighted by atomic mass is 10.2. The number of halogens is 1. The second-order valence-electron chi connectivity index (χ2n) is 4.68. The summed E-state index contributed by atoms with van der Waals surface area (Å²) in [6.07, 6.45) is 1.40. The van der Waals surface area contributed by atoms with Gasteiger partial charge in [0.15, 0.2) is 5.17 Å². The molecule has 116 valence electrons. The Morgan fingerprint density at radius 2 is 2.04 bits per heavy atom. The van der Waals surface area contributed by atoms with Crippen LogP contribution in [0.15, 0.2) is 58.7 Å². The quantitative estimate of drug-likeness (QED) is 0.695. The summed E-state index contributed by atoms with van der Waals surface area (Å²) in [5.41, 5.74) is 0.931. The third-order valence-electron chi connectivity index (χ3n) is 3.11. The number of amidine groups is 1. The number of phenols is 1. The number of thioether (sulfide) groups is 1. The lowest BCUT2D eigenvalue weighted by Gasteiger charge is -2.14. The molecule has 23 heavy (non-hydrogen) atoms. The second kappa shape index (κ2) is 6.62. The summed E-state index contributed by atoms with van der Waals surface area (Å²) >= 11 is 1.23. The van der Waals surface area contributed by atoms with Crippen molar-refractivity contribution in [2.24, 2.45) is 10.2 Å². The molecule has 1 aliphatic heterocycles. The minimum absolute atomic E-state index is 0.0913. The first-order valence-electron chi connectivity index (χ1n) is 6.75. The lowest BCUT2D eigenvalue weighted by molar-refractivity contribution is -0.115. The zero-order chi connectivity index (χ0) is 16.2. The van der Waals surface area contributed by atoms with Gasteiger partial charge in [0, 0.05) is 5.56 Å². The van der Waals surface area contributed by atoms with Gasteiger partial charge in [-0.2, -0.15) is 5.10 Å². The van der Waals surface area contributed by atoms with Gasteiger partial charge < -0.3 is 5.11 Å². The molecule has 1 amide bonds. The molecule has 3 rings (SSSR count). The molecule has 0 radical (unpaired) electrons.